The molecule has 0 saturated carbocycles. The summed E-state index contributed by atoms with van der Waals surface area (Å²) >= 11 is 11.4. The van der Waals surface area contributed by atoms with Crippen LogP contribution in [-0.4, -0.2) is 14.9 Å². The topological polar surface area (TPSA) is 41.9 Å². The number of halogens is 2. The van der Waals surface area contributed by atoms with Crippen LogP contribution in [-0.2, 0) is 13.0 Å². The number of thiocarbonyl (C=S) groups is 1. The van der Waals surface area contributed by atoms with E-state index in [2.05, 4.69) is 34.8 Å². The van der Waals surface area contributed by atoms with E-state index in [-0.39, 0.29) is 5.82 Å². The van der Waals surface area contributed by atoms with Crippen LogP contribution in [0.4, 0.5) is 15.8 Å². The summed E-state index contributed by atoms with van der Waals surface area (Å²) in [4.78, 5) is 0. The van der Waals surface area contributed by atoms with Crippen LogP contribution in [0.2, 0.25) is 5.02 Å². The number of aromatic nitrogens is 2. The summed E-state index contributed by atoms with van der Waals surface area (Å²) in [5.41, 5.74) is 3.74. The zero-order chi connectivity index (χ0) is 18.5. The third-order valence-corrected chi connectivity index (χ3v) is 4.41. The van der Waals surface area contributed by atoms with Gasteiger partial charge in [-0.15, -0.1) is 0 Å². The second kappa shape index (κ2) is 8.29. The first-order valence-corrected chi connectivity index (χ1v) is 8.95. The van der Waals surface area contributed by atoms with Crippen molar-refractivity contribution in [3.05, 3.63) is 76.8 Å². The zero-order valence-corrected chi connectivity index (χ0v) is 15.7. The number of rotatable bonds is 5. The molecule has 0 radical (unpaired) electrons. The maximum absolute atomic E-state index is 13.1. The number of nitrogens with zero attached hydrogens (tertiary/aromatic N) is 2. The van der Waals surface area contributed by atoms with E-state index in [0.717, 1.165) is 23.4 Å². The molecule has 0 saturated heterocycles. The molecule has 0 bridgehead atoms. The van der Waals surface area contributed by atoms with Crippen LogP contribution in [0.5, 0.6) is 0 Å². The van der Waals surface area contributed by atoms with E-state index < -0.39 is 0 Å². The van der Waals surface area contributed by atoms with Crippen molar-refractivity contribution < 1.29 is 4.39 Å². The fourth-order valence-corrected chi connectivity index (χ4v) is 2.92. The number of nitrogens with one attached hydrogen (secondary N) is 2. The number of aryl methyl sites for hydroxylation is 1. The van der Waals surface area contributed by atoms with Crippen molar-refractivity contribution >= 4 is 40.3 Å². The molecule has 0 aliphatic rings. The normalized spacial score (nSPS) is 10.6. The Hall–Kier alpha value is -2.44. The van der Waals surface area contributed by atoms with Crippen molar-refractivity contribution in [3.8, 4) is 0 Å². The first-order chi connectivity index (χ1) is 12.5. The lowest BCUT2D eigenvalue weighted by molar-refractivity contribution is 0.624. The molecule has 1 heterocycles. The highest BCUT2D eigenvalue weighted by Gasteiger charge is 2.06. The van der Waals surface area contributed by atoms with Gasteiger partial charge in [0.05, 0.1) is 18.4 Å². The predicted octanol–water partition coefficient (Wildman–Crippen LogP) is 5.10. The summed E-state index contributed by atoms with van der Waals surface area (Å²) in [6.07, 6.45) is 4.49. The van der Waals surface area contributed by atoms with Crippen LogP contribution >= 0.6 is 23.8 Å². The zero-order valence-electron chi connectivity index (χ0n) is 14.2. The molecule has 26 heavy (non-hydrogen) atoms. The molecule has 1 aromatic heterocycles. The van der Waals surface area contributed by atoms with E-state index in [1.807, 2.05) is 18.3 Å². The van der Waals surface area contributed by atoms with E-state index in [1.165, 1.54) is 17.7 Å². The van der Waals surface area contributed by atoms with Gasteiger partial charge in [-0.1, -0.05) is 36.7 Å². The molecule has 0 amide bonds. The summed E-state index contributed by atoms with van der Waals surface area (Å²) < 4.78 is 14.8. The Morgan fingerprint density at radius 3 is 2.58 bits per heavy atom. The van der Waals surface area contributed by atoms with Gasteiger partial charge in [0, 0.05) is 16.9 Å². The van der Waals surface area contributed by atoms with Crippen molar-refractivity contribution in [1.82, 2.24) is 9.78 Å². The van der Waals surface area contributed by atoms with Crippen LogP contribution in [0.1, 0.15) is 18.1 Å². The first-order valence-electron chi connectivity index (χ1n) is 8.17. The molecule has 0 atom stereocenters. The molecule has 0 spiro atoms. The van der Waals surface area contributed by atoms with Gasteiger partial charge < -0.3 is 10.6 Å². The van der Waals surface area contributed by atoms with Gasteiger partial charge >= 0.3 is 0 Å². The largest absolute Gasteiger partial charge is 0.332 e. The molecule has 4 nitrogen and oxygen atoms in total. The van der Waals surface area contributed by atoms with Crippen LogP contribution in [0.25, 0.3) is 0 Å². The van der Waals surface area contributed by atoms with Gasteiger partial charge in [0.2, 0.25) is 0 Å². The van der Waals surface area contributed by atoms with E-state index in [4.69, 9.17) is 23.8 Å². The fraction of sp³-hybridized carbons (Fsp3) is 0.158. The lowest BCUT2D eigenvalue weighted by atomic mass is 10.1. The molecule has 0 unspecified atom stereocenters. The molecule has 7 heteroatoms. The summed E-state index contributed by atoms with van der Waals surface area (Å²) in [6, 6.07) is 12.4. The SMILES string of the molecule is CCc1ccc(NC(=S)Nc2cnn(Cc3ccc(F)cc3Cl)c2)cc1. The third-order valence-electron chi connectivity index (χ3n) is 3.86. The summed E-state index contributed by atoms with van der Waals surface area (Å²) in [5, 5.41) is 11.4. The average molecular weight is 389 g/mol. The third kappa shape index (κ3) is 4.80. The molecule has 0 fully saturated rings. The summed E-state index contributed by atoms with van der Waals surface area (Å²) in [7, 11) is 0. The molecule has 0 aliphatic heterocycles. The van der Waals surface area contributed by atoms with Crippen LogP contribution in [0, 0.1) is 5.82 Å². The first kappa shape index (κ1) is 18.4. The second-order valence-corrected chi connectivity index (χ2v) is 6.61. The lowest BCUT2D eigenvalue weighted by Crippen LogP contribution is -2.18. The van der Waals surface area contributed by atoms with Crippen molar-refractivity contribution in [3.63, 3.8) is 0 Å². The van der Waals surface area contributed by atoms with E-state index in [1.54, 1.807) is 16.9 Å². The van der Waals surface area contributed by atoms with Crippen molar-refractivity contribution in [1.29, 1.82) is 0 Å². The standard InChI is InChI=1S/C19H18ClFN4S/c1-2-13-3-7-16(8-4-13)23-19(26)24-17-10-22-25(12-17)11-14-5-6-15(21)9-18(14)20/h3-10,12H,2,11H2,1H3,(H2,23,24,26). The maximum Gasteiger partial charge on any atom is 0.175 e. The van der Waals surface area contributed by atoms with Crippen molar-refractivity contribution in [2.45, 2.75) is 19.9 Å². The van der Waals surface area contributed by atoms with Gasteiger partial charge in [0.1, 0.15) is 5.82 Å². The van der Waals surface area contributed by atoms with E-state index in [9.17, 15) is 4.39 Å². The van der Waals surface area contributed by atoms with Gasteiger partial charge in [-0.25, -0.2) is 4.39 Å². The maximum atomic E-state index is 13.1. The highest BCUT2D eigenvalue weighted by Crippen LogP contribution is 2.19. The number of benzene rings is 2. The van der Waals surface area contributed by atoms with Gasteiger partial charge in [-0.2, -0.15) is 5.10 Å². The monoisotopic (exact) mass is 388 g/mol. The van der Waals surface area contributed by atoms with Gasteiger partial charge in [-0.05, 0) is 54.0 Å². The Labute approximate surface area is 162 Å². The molecular formula is C19H18ClFN4S. The Bertz CT molecular complexity index is 908. The Morgan fingerprint density at radius 1 is 1.15 bits per heavy atom. The van der Waals surface area contributed by atoms with Gasteiger partial charge in [0.15, 0.2) is 5.11 Å². The smallest absolute Gasteiger partial charge is 0.175 e. The molecule has 2 aromatic carbocycles. The summed E-state index contributed by atoms with van der Waals surface area (Å²) in [6.45, 7) is 2.56. The number of hydrogen-bond acceptors (Lipinski definition) is 2. The lowest BCUT2D eigenvalue weighted by Gasteiger charge is -2.09. The second-order valence-electron chi connectivity index (χ2n) is 5.79. The summed E-state index contributed by atoms with van der Waals surface area (Å²) in [5.74, 6) is -0.357. The molecule has 134 valence electrons. The van der Waals surface area contributed by atoms with Crippen LogP contribution < -0.4 is 10.6 Å². The number of hydrogen-bond donors (Lipinski definition) is 2. The van der Waals surface area contributed by atoms with Crippen LogP contribution in [0.15, 0.2) is 54.9 Å². The van der Waals surface area contributed by atoms with E-state index in [0.29, 0.717) is 16.7 Å². The average Bonchev–Trinajstić information content (AvgIpc) is 3.05. The van der Waals surface area contributed by atoms with Gasteiger partial charge in [-0.3, -0.25) is 4.68 Å². The minimum atomic E-state index is -0.357. The highest BCUT2D eigenvalue weighted by atomic mass is 35.5. The van der Waals surface area contributed by atoms with Crippen molar-refractivity contribution in [2.24, 2.45) is 0 Å². The van der Waals surface area contributed by atoms with Crippen molar-refractivity contribution in [2.75, 3.05) is 10.6 Å². The Kier molecular flexibility index (Phi) is 5.85. The minimum absolute atomic E-state index is 0.357. The molecule has 3 aromatic rings. The number of anilines is 2. The molecule has 3 rings (SSSR count). The minimum Gasteiger partial charge on any atom is -0.332 e. The predicted molar refractivity (Wildman–Crippen MR) is 108 cm³/mol. The Balaban J connectivity index is 1.59. The molecule has 0 aliphatic carbocycles. The van der Waals surface area contributed by atoms with E-state index >= 15 is 0 Å². The Morgan fingerprint density at radius 2 is 1.88 bits per heavy atom. The molecular weight excluding hydrogens is 371 g/mol. The fourth-order valence-electron chi connectivity index (χ4n) is 2.46. The van der Waals surface area contributed by atoms with Gasteiger partial charge in [0.25, 0.3) is 0 Å². The quantitative estimate of drug-likeness (QED) is 0.597. The highest BCUT2D eigenvalue weighted by molar-refractivity contribution is 7.80. The van der Waals surface area contributed by atoms with Crippen LogP contribution in [0.3, 0.4) is 0 Å². The molecule has 2 N–H and O–H groups in total.